The topological polar surface area (TPSA) is 70.2 Å². The average Bonchev–Trinajstić information content (AvgIpc) is 3.39. The van der Waals surface area contributed by atoms with Gasteiger partial charge in [-0.15, -0.1) is 0 Å². The molecule has 3 heterocycles. The largest absolute Gasteiger partial charge is 0.493 e. The van der Waals surface area contributed by atoms with E-state index in [9.17, 15) is 4.79 Å². The lowest BCUT2D eigenvalue weighted by Crippen LogP contribution is -2.46. The minimum absolute atomic E-state index is 0.0257. The zero-order chi connectivity index (χ0) is 27.9. The molecule has 0 saturated carbocycles. The van der Waals surface area contributed by atoms with E-state index < -0.39 is 0 Å². The first kappa shape index (κ1) is 27.9. The zero-order valence-electron chi connectivity index (χ0n) is 23.9. The lowest BCUT2D eigenvalue weighted by atomic mass is 9.98. The van der Waals surface area contributed by atoms with Crippen molar-refractivity contribution < 1.29 is 14.3 Å². The van der Waals surface area contributed by atoms with Crippen molar-refractivity contribution in [1.29, 1.82) is 0 Å². The summed E-state index contributed by atoms with van der Waals surface area (Å²) in [6, 6.07) is 18.2. The normalized spacial score (nSPS) is 18.3. The molecule has 3 aromatic rings. The number of anilines is 2. The van der Waals surface area contributed by atoms with Crippen LogP contribution in [0.15, 0.2) is 60.8 Å². The molecule has 212 valence electrons. The van der Waals surface area contributed by atoms with Gasteiger partial charge in [0.05, 0.1) is 20.3 Å². The number of rotatable bonds is 12. The molecule has 2 aliphatic rings. The molecule has 1 aromatic heterocycles. The van der Waals surface area contributed by atoms with E-state index in [0.717, 1.165) is 81.9 Å². The van der Waals surface area contributed by atoms with Gasteiger partial charge < -0.3 is 29.4 Å². The van der Waals surface area contributed by atoms with Crippen LogP contribution in [0.2, 0.25) is 0 Å². The number of carbonyl (C=O) groups excluding carboxylic acids is 1. The Morgan fingerprint density at radius 1 is 1.02 bits per heavy atom. The summed E-state index contributed by atoms with van der Waals surface area (Å²) in [4.78, 5) is 24.4. The fourth-order valence-electron chi connectivity index (χ4n) is 6.12. The molecule has 0 spiro atoms. The number of hydrogen-bond donors (Lipinski definition) is 1. The van der Waals surface area contributed by atoms with Crippen LogP contribution in [0, 0.1) is 0 Å². The van der Waals surface area contributed by atoms with Gasteiger partial charge in [0.1, 0.15) is 12.1 Å². The number of nitrogens with one attached hydrogen (secondary N) is 1. The quantitative estimate of drug-likeness (QED) is 0.255. The Hall–Kier alpha value is -3.62. The number of ether oxygens (including phenoxy) is 2. The number of methoxy groups -OCH3 is 2. The maximum Gasteiger partial charge on any atom is 0.161 e. The third-order valence-corrected chi connectivity index (χ3v) is 8.31. The van der Waals surface area contributed by atoms with Crippen molar-refractivity contribution in [1.82, 2.24) is 14.8 Å². The summed E-state index contributed by atoms with van der Waals surface area (Å²) < 4.78 is 11.2. The maximum atomic E-state index is 12.7. The Balaban J connectivity index is 1.41. The highest BCUT2D eigenvalue weighted by molar-refractivity contribution is 5.70. The molecule has 0 aliphatic carbocycles. The highest BCUT2D eigenvalue weighted by atomic mass is 16.5. The van der Waals surface area contributed by atoms with E-state index in [1.165, 1.54) is 11.3 Å². The fourth-order valence-corrected chi connectivity index (χ4v) is 6.12. The summed E-state index contributed by atoms with van der Waals surface area (Å²) in [5, 5.41) is 3.43. The van der Waals surface area contributed by atoms with E-state index in [1.807, 2.05) is 24.3 Å². The molecular weight excluding hydrogens is 502 g/mol. The molecule has 1 fully saturated rings. The molecule has 2 atom stereocenters. The number of likely N-dealkylation sites (N-methyl/N-ethyl adjacent to an activating group) is 1. The van der Waals surface area contributed by atoms with E-state index >= 15 is 0 Å². The van der Waals surface area contributed by atoms with Crippen LogP contribution in [0.25, 0.3) is 0 Å². The molecule has 2 aliphatic heterocycles. The van der Waals surface area contributed by atoms with Crippen molar-refractivity contribution in [3.63, 3.8) is 0 Å². The van der Waals surface area contributed by atoms with Gasteiger partial charge in [-0.1, -0.05) is 31.2 Å². The van der Waals surface area contributed by atoms with Crippen molar-refractivity contribution in [3.05, 3.63) is 77.5 Å². The number of hydrogen-bond acceptors (Lipinski definition) is 8. The highest BCUT2D eigenvalue weighted by Gasteiger charge is 2.37. The van der Waals surface area contributed by atoms with Crippen molar-refractivity contribution in [2.24, 2.45) is 0 Å². The standard InChI is InChI=1S/C32H41N5O3/c1-4-35-17-19-36(20-18-35)28-10-7-9-25-26(28)22-37(29(25)23-38)27(11-8-16-34-32-12-5-6-15-33-32)24-13-14-30(39-2)31(21-24)40-3/h5-7,9-10,12-15,21,23,27,29H,4,8,11,16-20,22H2,1-3H3,(H,33,34)/t27-,29?/m1/s1. The second-order valence-corrected chi connectivity index (χ2v) is 10.4. The molecule has 0 bridgehead atoms. The van der Waals surface area contributed by atoms with Gasteiger partial charge in [0.25, 0.3) is 0 Å². The lowest BCUT2D eigenvalue weighted by molar-refractivity contribution is -0.113. The SMILES string of the molecule is CCN1CCN(c2cccc3c2CN([C@H](CCCNc2ccccn2)c2ccc(OC)c(OC)c2)C3C=O)CC1. The molecule has 0 amide bonds. The van der Waals surface area contributed by atoms with E-state index in [1.54, 1.807) is 20.4 Å². The van der Waals surface area contributed by atoms with Crippen LogP contribution in [0.1, 0.15) is 48.5 Å². The number of carbonyl (C=O) groups is 1. The van der Waals surface area contributed by atoms with Crippen LogP contribution in [0.5, 0.6) is 11.5 Å². The fraction of sp³-hybridized carbons (Fsp3) is 0.438. The Bertz CT molecular complexity index is 1260. The Morgan fingerprint density at radius 2 is 1.85 bits per heavy atom. The monoisotopic (exact) mass is 543 g/mol. The first-order valence-electron chi connectivity index (χ1n) is 14.3. The van der Waals surface area contributed by atoms with Crippen molar-refractivity contribution in [2.75, 3.05) is 63.7 Å². The summed E-state index contributed by atoms with van der Waals surface area (Å²) in [5.41, 5.74) is 4.79. The summed E-state index contributed by atoms with van der Waals surface area (Å²) in [6.07, 6.45) is 4.70. The Labute approximate surface area is 237 Å². The van der Waals surface area contributed by atoms with Gasteiger partial charge in [0.2, 0.25) is 0 Å². The second kappa shape index (κ2) is 13.2. The van der Waals surface area contributed by atoms with Crippen LogP contribution in [0.4, 0.5) is 11.5 Å². The number of aromatic nitrogens is 1. The number of pyridine rings is 1. The van der Waals surface area contributed by atoms with Gasteiger partial charge in [0, 0.05) is 57.2 Å². The van der Waals surface area contributed by atoms with Gasteiger partial charge >= 0.3 is 0 Å². The first-order chi connectivity index (χ1) is 19.7. The van der Waals surface area contributed by atoms with Gasteiger partial charge in [-0.05, 0) is 66.4 Å². The van der Waals surface area contributed by atoms with Crippen LogP contribution in [-0.4, -0.2) is 74.6 Å². The van der Waals surface area contributed by atoms with Crippen LogP contribution in [0.3, 0.4) is 0 Å². The van der Waals surface area contributed by atoms with Gasteiger partial charge in [-0.25, -0.2) is 4.98 Å². The van der Waals surface area contributed by atoms with Gasteiger partial charge in [-0.3, -0.25) is 4.90 Å². The molecule has 0 radical (unpaired) electrons. The maximum absolute atomic E-state index is 12.7. The van der Waals surface area contributed by atoms with E-state index in [-0.39, 0.29) is 12.1 Å². The van der Waals surface area contributed by atoms with Crippen LogP contribution < -0.4 is 19.7 Å². The molecule has 5 rings (SSSR count). The summed E-state index contributed by atoms with van der Waals surface area (Å²) in [5.74, 6) is 2.27. The van der Waals surface area contributed by atoms with Crippen LogP contribution >= 0.6 is 0 Å². The average molecular weight is 544 g/mol. The second-order valence-electron chi connectivity index (χ2n) is 10.4. The van der Waals surface area contributed by atoms with Gasteiger partial charge in [-0.2, -0.15) is 0 Å². The number of nitrogens with zero attached hydrogens (tertiary/aromatic N) is 4. The molecule has 2 aromatic carbocycles. The number of fused-ring (bicyclic) bond motifs is 1. The minimum atomic E-state index is -0.297. The van der Waals surface area contributed by atoms with Crippen molar-refractivity contribution in [3.8, 4) is 11.5 Å². The highest BCUT2D eigenvalue weighted by Crippen LogP contribution is 2.45. The number of aldehydes is 1. The summed E-state index contributed by atoms with van der Waals surface area (Å²) in [7, 11) is 3.32. The third-order valence-electron chi connectivity index (χ3n) is 8.31. The number of benzene rings is 2. The number of piperazine rings is 1. The van der Waals surface area contributed by atoms with E-state index in [0.29, 0.717) is 11.5 Å². The lowest BCUT2D eigenvalue weighted by Gasteiger charge is -2.36. The minimum Gasteiger partial charge on any atom is -0.493 e. The Morgan fingerprint density at radius 3 is 2.55 bits per heavy atom. The van der Waals surface area contributed by atoms with Crippen LogP contribution in [-0.2, 0) is 11.3 Å². The molecule has 8 heteroatoms. The smallest absolute Gasteiger partial charge is 0.161 e. The molecule has 8 nitrogen and oxygen atoms in total. The third kappa shape index (κ3) is 5.93. The zero-order valence-corrected chi connectivity index (χ0v) is 23.9. The predicted molar refractivity (Wildman–Crippen MR) is 159 cm³/mol. The summed E-state index contributed by atoms with van der Waals surface area (Å²) in [6.45, 7) is 8.99. The predicted octanol–water partition coefficient (Wildman–Crippen LogP) is 4.93. The molecule has 1 saturated heterocycles. The van der Waals surface area contributed by atoms with E-state index in [2.05, 4.69) is 62.3 Å². The summed E-state index contributed by atoms with van der Waals surface area (Å²) >= 11 is 0. The molecular formula is C32H41N5O3. The van der Waals surface area contributed by atoms with Crippen molar-refractivity contribution >= 4 is 17.8 Å². The molecule has 1 N–H and O–H groups in total. The molecule has 40 heavy (non-hydrogen) atoms. The van der Waals surface area contributed by atoms with Gasteiger partial charge in [0.15, 0.2) is 11.5 Å². The Kier molecular flexibility index (Phi) is 9.19. The molecule has 1 unspecified atom stereocenters. The first-order valence-corrected chi connectivity index (χ1v) is 14.3. The van der Waals surface area contributed by atoms with E-state index in [4.69, 9.17) is 9.47 Å². The van der Waals surface area contributed by atoms with Crippen molar-refractivity contribution in [2.45, 2.75) is 38.4 Å².